The molecule has 112 valence electrons. The lowest BCUT2D eigenvalue weighted by Crippen LogP contribution is -2.16. The summed E-state index contributed by atoms with van der Waals surface area (Å²) in [6, 6.07) is 3.10. The molecule has 0 fully saturated rings. The molecular formula is C16H19FN2O2. The number of ether oxygens (including phenoxy) is 1. The second-order valence-corrected chi connectivity index (χ2v) is 5.64. The van der Waals surface area contributed by atoms with Gasteiger partial charge in [-0.3, -0.25) is 4.98 Å². The number of carbonyl (C=O) groups is 1. The van der Waals surface area contributed by atoms with Crippen molar-refractivity contribution in [3.8, 4) is 6.07 Å². The average Bonchev–Trinajstić information content (AvgIpc) is 2.38. The lowest BCUT2D eigenvalue weighted by molar-refractivity contribution is -0.137. The van der Waals surface area contributed by atoms with Gasteiger partial charge in [0.2, 0.25) is 0 Å². The Morgan fingerprint density at radius 2 is 2.10 bits per heavy atom. The Balaban J connectivity index is 3.31. The zero-order valence-corrected chi connectivity index (χ0v) is 13.0. The molecule has 0 aromatic carbocycles. The van der Waals surface area contributed by atoms with Gasteiger partial charge in [0.15, 0.2) is 0 Å². The highest BCUT2D eigenvalue weighted by atomic mass is 19.1. The van der Waals surface area contributed by atoms with E-state index in [0.717, 1.165) is 0 Å². The summed E-state index contributed by atoms with van der Waals surface area (Å²) in [5, 5.41) is 9.09. The second kappa shape index (κ2) is 6.49. The number of aromatic nitrogens is 1. The van der Waals surface area contributed by atoms with Crippen LogP contribution in [0.2, 0.25) is 0 Å². The van der Waals surface area contributed by atoms with Crippen molar-refractivity contribution in [1.82, 2.24) is 4.98 Å². The minimum absolute atomic E-state index is 0.137. The molecule has 0 unspecified atom stereocenters. The lowest BCUT2D eigenvalue weighted by atomic mass is 9.90. The van der Waals surface area contributed by atoms with E-state index >= 15 is 0 Å². The van der Waals surface area contributed by atoms with Crippen LogP contribution in [0.25, 0.3) is 5.57 Å². The first-order valence-corrected chi connectivity index (χ1v) is 6.66. The fraction of sp³-hybridized carbons (Fsp3) is 0.438. The van der Waals surface area contributed by atoms with Gasteiger partial charge in [0.05, 0.1) is 12.3 Å². The lowest BCUT2D eigenvalue weighted by Gasteiger charge is -2.18. The van der Waals surface area contributed by atoms with E-state index in [-0.39, 0.29) is 12.2 Å². The van der Waals surface area contributed by atoms with E-state index in [1.165, 1.54) is 12.3 Å². The first-order chi connectivity index (χ1) is 9.72. The summed E-state index contributed by atoms with van der Waals surface area (Å²) in [7, 11) is 0. The molecule has 0 saturated heterocycles. The first kappa shape index (κ1) is 16.8. The molecule has 0 amide bonds. The molecule has 0 saturated carbocycles. The quantitative estimate of drug-likeness (QED) is 0.486. The molecule has 0 N–H and O–H groups in total. The monoisotopic (exact) mass is 290 g/mol. The highest BCUT2D eigenvalue weighted by Gasteiger charge is 2.22. The molecule has 21 heavy (non-hydrogen) atoms. The molecular weight excluding hydrogens is 271 g/mol. The van der Waals surface area contributed by atoms with Gasteiger partial charge < -0.3 is 4.74 Å². The van der Waals surface area contributed by atoms with Crippen LogP contribution in [-0.4, -0.2) is 17.6 Å². The van der Waals surface area contributed by atoms with Crippen molar-refractivity contribution < 1.29 is 13.9 Å². The maximum absolute atomic E-state index is 14.1. The van der Waals surface area contributed by atoms with Gasteiger partial charge in [0, 0.05) is 17.2 Å². The molecule has 5 heteroatoms. The van der Waals surface area contributed by atoms with Crippen molar-refractivity contribution in [1.29, 1.82) is 5.26 Å². The van der Waals surface area contributed by atoms with Gasteiger partial charge in [0.25, 0.3) is 0 Å². The van der Waals surface area contributed by atoms with Crippen LogP contribution in [-0.2, 0) is 14.9 Å². The van der Waals surface area contributed by atoms with Crippen molar-refractivity contribution in [2.24, 2.45) is 0 Å². The SMILES string of the molecule is CCOC(=O)/C(C#N)=C(\C)c1cnc(C(C)(C)C)c(F)c1. The molecule has 0 spiro atoms. The van der Waals surface area contributed by atoms with Gasteiger partial charge in [0.1, 0.15) is 17.5 Å². The van der Waals surface area contributed by atoms with Gasteiger partial charge in [-0.1, -0.05) is 20.8 Å². The maximum atomic E-state index is 14.1. The Bertz CT molecular complexity index is 622. The Labute approximate surface area is 124 Å². The number of hydrogen-bond donors (Lipinski definition) is 0. The first-order valence-electron chi connectivity index (χ1n) is 6.66. The number of hydrogen-bond acceptors (Lipinski definition) is 4. The Morgan fingerprint density at radius 1 is 1.48 bits per heavy atom. The zero-order valence-electron chi connectivity index (χ0n) is 13.0. The van der Waals surface area contributed by atoms with Crippen LogP contribution in [0.3, 0.4) is 0 Å². The second-order valence-electron chi connectivity index (χ2n) is 5.64. The van der Waals surface area contributed by atoms with Crippen LogP contribution in [0.1, 0.15) is 45.9 Å². The Morgan fingerprint density at radius 3 is 2.52 bits per heavy atom. The Hall–Kier alpha value is -2.22. The molecule has 4 nitrogen and oxygen atoms in total. The van der Waals surface area contributed by atoms with Crippen LogP contribution in [0, 0.1) is 17.1 Å². The molecule has 0 aliphatic carbocycles. The van der Waals surface area contributed by atoms with Crippen molar-refractivity contribution in [3.63, 3.8) is 0 Å². The molecule has 1 rings (SSSR count). The predicted octanol–water partition coefficient (Wildman–Crippen LogP) is 3.38. The van der Waals surface area contributed by atoms with Gasteiger partial charge in [-0.2, -0.15) is 5.26 Å². The van der Waals surface area contributed by atoms with Gasteiger partial charge in [-0.05, 0) is 25.5 Å². The van der Waals surface area contributed by atoms with E-state index in [1.54, 1.807) is 19.9 Å². The molecule has 1 aromatic heterocycles. The summed E-state index contributed by atoms with van der Waals surface area (Å²) in [4.78, 5) is 15.8. The molecule has 0 aliphatic heterocycles. The third-order valence-electron chi connectivity index (χ3n) is 2.95. The van der Waals surface area contributed by atoms with E-state index in [0.29, 0.717) is 16.8 Å². The summed E-state index contributed by atoms with van der Waals surface area (Å²) in [5.74, 6) is -1.17. The molecule has 1 heterocycles. The third-order valence-corrected chi connectivity index (χ3v) is 2.95. The summed E-state index contributed by atoms with van der Waals surface area (Å²) in [5.41, 5.74) is 0.530. The fourth-order valence-electron chi connectivity index (χ4n) is 1.83. The van der Waals surface area contributed by atoms with E-state index in [1.807, 2.05) is 20.8 Å². The van der Waals surface area contributed by atoms with Gasteiger partial charge >= 0.3 is 5.97 Å². The number of carbonyl (C=O) groups excluding carboxylic acids is 1. The number of allylic oxidation sites excluding steroid dienone is 1. The average molecular weight is 290 g/mol. The van der Waals surface area contributed by atoms with Crippen LogP contribution in [0.5, 0.6) is 0 Å². The highest BCUT2D eigenvalue weighted by molar-refractivity contribution is 6.01. The van der Waals surface area contributed by atoms with Gasteiger partial charge in [-0.25, -0.2) is 9.18 Å². The summed E-state index contributed by atoms with van der Waals surface area (Å²) in [6.45, 7) is 8.98. The third kappa shape index (κ3) is 3.88. The number of esters is 1. The maximum Gasteiger partial charge on any atom is 0.349 e. The van der Waals surface area contributed by atoms with Crippen molar-refractivity contribution in [3.05, 3.63) is 34.9 Å². The van der Waals surface area contributed by atoms with E-state index < -0.39 is 17.2 Å². The minimum atomic E-state index is -0.710. The molecule has 1 aromatic rings. The predicted molar refractivity (Wildman–Crippen MR) is 77.7 cm³/mol. The minimum Gasteiger partial charge on any atom is -0.462 e. The van der Waals surface area contributed by atoms with E-state index in [4.69, 9.17) is 10.00 Å². The fourth-order valence-corrected chi connectivity index (χ4v) is 1.83. The van der Waals surface area contributed by atoms with Crippen molar-refractivity contribution >= 4 is 11.5 Å². The van der Waals surface area contributed by atoms with Gasteiger partial charge in [-0.15, -0.1) is 0 Å². The highest BCUT2D eigenvalue weighted by Crippen LogP contribution is 2.26. The van der Waals surface area contributed by atoms with Crippen LogP contribution in [0.4, 0.5) is 4.39 Å². The van der Waals surface area contributed by atoms with Crippen molar-refractivity contribution in [2.45, 2.75) is 40.0 Å². The zero-order chi connectivity index (χ0) is 16.2. The van der Waals surface area contributed by atoms with Crippen LogP contribution < -0.4 is 0 Å². The summed E-state index contributed by atoms with van der Waals surface area (Å²) in [6.07, 6.45) is 1.47. The summed E-state index contributed by atoms with van der Waals surface area (Å²) >= 11 is 0. The number of rotatable bonds is 3. The van der Waals surface area contributed by atoms with Crippen molar-refractivity contribution in [2.75, 3.05) is 6.61 Å². The number of halogens is 1. The number of pyridine rings is 1. The van der Waals surface area contributed by atoms with Crippen LogP contribution in [0.15, 0.2) is 17.8 Å². The van der Waals surface area contributed by atoms with E-state index in [2.05, 4.69) is 4.98 Å². The molecule has 0 atom stereocenters. The molecule has 0 bridgehead atoms. The van der Waals surface area contributed by atoms with E-state index in [9.17, 15) is 9.18 Å². The molecule has 0 radical (unpaired) electrons. The number of nitriles is 1. The van der Waals surface area contributed by atoms with Crippen LogP contribution >= 0.6 is 0 Å². The topological polar surface area (TPSA) is 63.0 Å². The standard InChI is InChI=1S/C16H19FN2O2/c1-6-21-15(20)12(8-18)10(2)11-7-13(17)14(19-9-11)16(3,4)5/h7,9H,6H2,1-5H3/b12-10+. The summed E-state index contributed by atoms with van der Waals surface area (Å²) < 4.78 is 19.0. The largest absolute Gasteiger partial charge is 0.462 e. The smallest absolute Gasteiger partial charge is 0.349 e. The number of nitrogens with zero attached hydrogens (tertiary/aromatic N) is 2. The Kier molecular flexibility index (Phi) is 5.20. The normalized spacial score (nSPS) is 12.4. The molecule has 0 aliphatic rings.